The smallest absolute Gasteiger partial charge is 0.276 e. The van der Waals surface area contributed by atoms with Gasteiger partial charge in [0.05, 0.1) is 23.9 Å². The molecule has 174 valence electrons. The second kappa shape index (κ2) is 9.56. The first-order valence-electron chi connectivity index (χ1n) is 10.3. The average molecular weight is 479 g/mol. The first-order chi connectivity index (χ1) is 16.3. The number of rotatable bonds is 7. The molecule has 0 saturated heterocycles. The van der Waals surface area contributed by atoms with Gasteiger partial charge in [-0.3, -0.25) is 14.4 Å². The van der Waals surface area contributed by atoms with Crippen LogP contribution in [0.3, 0.4) is 0 Å². The minimum Gasteiger partial charge on any atom is -0.321 e. The zero-order valence-electron chi connectivity index (χ0n) is 18.5. The zero-order chi connectivity index (χ0) is 24.3. The van der Waals surface area contributed by atoms with Crippen LogP contribution in [0.4, 0.5) is 5.69 Å². The van der Waals surface area contributed by atoms with Crippen LogP contribution >= 0.6 is 0 Å². The highest BCUT2D eigenvalue weighted by Gasteiger charge is 2.21. The van der Waals surface area contributed by atoms with Crippen LogP contribution in [0.25, 0.3) is 10.8 Å². The average Bonchev–Trinajstić information content (AvgIpc) is 2.86. The van der Waals surface area contributed by atoms with Crippen molar-refractivity contribution < 1.29 is 18.0 Å². The van der Waals surface area contributed by atoms with Gasteiger partial charge in [0.15, 0.2) is 5.69 Å². The highest BCUT2D eigenvalue weighted by molar-refractivity contribution is 7.89. The summed E-state index contributed by atoms with van der Waals surface area (Å²) in [6.07, 6.45) is 0. The molecule has 0 saturated carbocycles. The fourth-order valence-electron chi connectivity index (χ4n) is 3.41. The summed E-state index contributed by atoms with van der Waals surface area (Å²) in [5, 5.41) is 7.89. The standard InChI is InChI=1S/C24H22N4O5S/c1-27(33-2)34(31,32)19-14-12-18(13-15-19)25-23(29)22-20-10-6-7-11-21(20)24(30)28(26-22)16-17-8-4-3-5-9-17/h3-15H,16H2,1-2H3,(H,25,29). The lowest BCUT2D eigenvalue weighted by molar-refractivity contribution is -0.0258. The Kier molecular flexibility index (Phi) is 6.55. The Morgan fingerprint density at radius 1 is 0.971 bits per heavy atom. The summed E-state index contributed by atoms with van der Waals surface area (Å²) in [5.74, 6) is -0.525. The number of hydrogen-bond donors (Lipinski definition) is 1. The molecule has 1 N–H and O–H groups in total. The molecule has 0 spiro atoms. The van der Waals surface area contributed by atoms with Crippen LogP contribution in [0.5, 0.6) is 0 Å². The van der Waals surface area contributed by atoms with Gasteiger partial charge in [0.1, 0.15) is 0 Å². The van der Waals surface area contributed by atoms with Crippen LogP contribution < -0.4 is 10.9 Å². The highest BCUT2D eigenvalue weighted by Crippen LogP contribution is 2.19. The van der Waals surface area contributed by atoms with Gasteiger partial charge in [-0.15, -0.1) is 0 Å². The third-order valence-electron chi connectivity index (χ3n) is 5.26. The molecule has 0 radical (unpaired) electrons. The van der Waals surface area contributed by atoms with Crippen LogP contribution in [0.15, 0.2) is 88.6 Å². The number of anilines is 1. The van der Waals surface area contributed by atoms with Crippen molar-refractivity contribution in [2.24, 2.45) is 0 Å². The minimum atomic E-state index is -3.81. The molecule has 0 aliphatic heterocycles. The van der Waals surface area contributed by atoms with E-state index in [9.17, 15) is 18.0 Å². The number of carbonyl (C=O) groups is 1. The molecule has 0 bridgehead atoms. The van der Waals surface area contributed by atoms with Crippen molar-refractivity contribution in [2.75, 3.05) is 19.5 Å². The van der Waals surface area contributed by atoms with Crippen LogP contribution in [-0.2, 0) is 21.4 Å². The second-order valence-electron chi connectivity index (χ2n) is 7.42. The number of benzene rings is 3. The van der Waals surface area contributed by atoms with Crippen molar-refractivity contribution in [3.8, 4) is 0 Å². The van der Waals surface area contributed by atoms with Gasteiger partial charge >= 0.3 is 0 Å². The molecule has 0 aliphatic rings. The van der Waals surface area contributed by atoms with Gasteiger partial charge in [-0.05, 0) is 35.9 Å². The van der Waals surface area contributed by atoms with E-state index in [1.807, 2.05) is 30.3 Å². The van der Waals surface area contributed by atoms with Gasteiger partial charge in [-0.2, -0.15) is 5.10 Å². The highest BCUT2D eigenvalue weighted by atomic mass is 32.2. The third-order valence-corrected chi connectivity index (χ3v) is 6.96. The first-order valence-corrected chi connectivity index (χ1v) is 11.7. The number of carbonyl (C=O) groups excluding carboxylic acids is 1. The first kappa shape index (κ1) is 23.3. The van der Waals surface area contributed by atoms with E-state index in [1.165, 1.54) is 43.1 Å². The summed E-state index contributed by atoms with van der Waals surface area (Å²) in [4.78, 5) is 30.9. The van der Waals surface area contributed by atoms with Crippen molar-refractivity contribution in [1.82, 2.24) is 14.2 Å². The third kappa shape index (κ3) is 4.60. The van der Waals surface area contributed by atoms with E-state index < -0.39 is 15.9 Å². The van der Waals surface area contributed by atoms with Gasteiger partial charge in [-0.1, -0.05) is 53.0 Å². The molecule has 1 heterocycles. The normalized spacial score (nSPS) is 11.6. The van der Waals surface area contributed by atoms with E-state index in [2.05, 4.69) is 10.4 Å². The Bertz CT molecular complexity index is 1500. The fourth-order valence-corrected chi connectivity index (χ4v) is 4.39. The Morgan fingerprint density at radius 3 is 2.24 bits per heavy atom. The lowest BCUT2D eigenvalue weighted by atomic mass is 10.1. The Balaban J connectivity index is 1.67. The second-order valence-corrected chi connectivity index (χ2v) is 9.35. The maximum atomic E-state index is 13.1. The minimum absolute atomic E-state index is 0.00911. The predicted octanol–water partition coefficient (Wildman–Crippen LogP) is 2.88. The largest absolute Gasteiger partial charge is 0.321 e. The number of nitrogens with one attached hydrogen (secondary N) is 1. The molecule has 0 atom stereocenters. The van der Waals surface area contributed by atoms with E-state index in [-0.39, 0.29) is 22.7 Å². The molecular weight excluding hydrogens is 456 g/mol. The maximum Gasteiger partial charge on any atom is 0.276 e. The molecule has 4 rings (SSSR count). The lowest BCUT2D eigenvalue weighted by Crippen LogP contribution is -2.28. The van der Waals surface area contributed by atoms with Gasteiger partial charge in [0, 0.05) is 18.1 Å². The molecule has 1 aromatic heterocycles. The summed E-state index contributed by atoms with van der Waals surface area (Å²) >= 11 is 0. The Hall–Kier alpha value is -3.86. The van der Waals surface area contributed by atoms with Gasteiger partial charge < -0.3 is 5.32 Å². The van der Waals surface area contributed by atoms with E-state index >= 15 is 0 Å². The number of hydroxylamine groups is 1. The molecule has 0 unspecified atom stereocenters. The van der Waals surface area contributed by atoms with Crippen molar-refractivity contribution in [3.05, 3.63) is 100 Å². The molecule has 0 fully saturated rings. The van der Waals surface area contributed by atoms with Crippen LogP contribution in [-0.4, -0.2) is 42.7 Å². The van der Waals surface area contributed by atoms with Crippen LogP contribution in [0.2, 0.25) is 0 Å². The van der Waals surface area contributed by atoms with Crippen molar-refractivity contribution in [3.63, 3.8) is 0 Å². The van der Waals surface area contributed by atoms with E-state index in [0.29, 0.717) is 16.5 Å². The molecule has 9 nitrogen and oxygen atoms in total. The fraction of sp³-hybridized carbons (Fsp3) is 0.125. The molecule has 4 aromatic rings. The summed E-state index contributed by atoms with van der Waals surface area (Å²) in [7, 11) is -1.27. The van der Waals surface area contributed by atoms with Crippen LogP contribution in [0, 0.1) is 0 Å². The quantitative estimate of drug-likeness (QED) is 0.409. The molecule has 3 aromatic carbocycles. The maximum absolute atomic E-state index is 13.1. The molecule has 34 heavy (non-hydrogen) atoms. The van der Waals surface area contributed by atoms with Crippen molar-refractivity contribution in [2.45, 2.75) is 11.4 Å². The monoisotopic (exact) mass is 478 g/mol. The number of nitrogens with zero attached hydrogens (tertiary/aromatic N) is 3. The SMILES string of the molecule is CON(C)S(=O)(=O)c1ccc(NC(=O)c2nn(Cc3ccccc3)c(=O)c3ccccc23)cc1. The van der Waals surface area contributed by atoms with E-state index in [1.54, 1.807) is 24.3 Å². The summed E-state index contributed by atoms with van der Waals surface area (Å²) in [6, 6.07) is 21.8. The molecule has 1 amide bonds. The number of sulfonamides is 1. The predicted molar refractivity (Wildman–Crippen MR) is 128 cm³/mol. The number of fused-ring (bicyclic) bond motifs is 1. The van der Waals surface area contributed by atoms with Crippen molar-refractivity contribution in [1.29, 1.82) is 0 Å². The molecular formula is C24H22N4O5S. The van der Waals surface area contributed by atoms with Crippen molar-refractivity contribution >= 4 is 32.4 Å². The summed E-state index contributed by atoms with van der Waals surface area (Å²) in [5.41, 5.74) is 1.03. The van der Waals surface area contributed by atoms with E-state index in [0.717, 1.165) is 10.0 Å². The Labute approximate surface area is 196 Å². The topological polar surface area (TPSA) is 111 Å². The Morgan fingerprint density at radius 2 is 1.59 bits per heavy atom. The summed E-state index contributed by atoms with van der Waals surface area (Å²) in [6.45, 7) is 0.213. The number of amides is 1. The van der Waals surface area contributed by atoms with E-state index in [4.69, 9.17) is 4.84 Å². The summed E-state index contributed by atoms with van der Waals surface area (Å²) < 4.78 is 26.7. The molecule has 10 heteroatoms. The molecule has 0 aliphatic carbocycles. The van der Waals surface area contributed by atoms with Crippen LogP contribution in [0.1, 0.15) is 16.1 Å². The zero-order valence-corrected chi connectivity index (χ0v) is 19.3. The van der Waals surface area contributed by atoms with Gasteiger partial charge in [-0.25, -0.2) is 13.1 Å². The van der Waals surface area contributed by atoms with Gasteiger partial charge in [0.2, 0.25) is 0 Å². The van der Waals surface area contributed by atoms with Gasteiger partial charge in [0.25, 0.3) is 21.5 Å². The number of hydrogen-bond acceptors (Lipinski definition) is 6. The lowest BCUT2D eigenvalue weighted by Gasteiger charge is -2.14. The number of aromatic nitrogens is 2.